The van der Waals surface area contributed by atoms with Crippen molar-refractivity contribution in [1.29, 1.82) is 0 Å². The molecule has 1 aliphatic heterocycles. The van der Waals surface area contributed by atoms with Gasteiger partial charge < -0.3 is 5.32 Å². The molecule has 1 N–H and O–H groups in total. The fraction of sp³-hybridized carbons (Fsp3) is 0.600. The van der Waals surface area contributed by atoms with Gasteiger partial charge in [0.15, 0.2) is 0 Å². The van der Waals surface area contributed by atoms with Crippen LogP contribution in [0.25, 0.3) is 0 Å². The quantitative estimate of drug-likeness (QED) is 0.835. The minimum atomic E-state index is -0.202. The van der Waals surface area contributed by atoms with Crippen molar-refractivity contribution >= 4 is 23.5 Å². The average molecular weight is 304 g/mol. The van der Waals surface area contributed by atoms with Crippen LogP contribution in [0.15, 0.2) is 12.3 Å². The topological polar surface area (TPSA) is 84.3 Å². The maximum absolute atomic E-state index is 12.0. The second kappa shape index (κ2) is 6.29. The van der Waals surface area contributed by atoms with E-state index in [0.717, 1.165) is 12.8 Å². The summed E-state index contributed by atoms with van der Waals surface area (Å²) >= 11 is 0. The number of aromatic nitrogens is 2. The Balaban J connectivity index is 1.55. The molecule has 0 unspecified atom stereocenters. The first kappa shape index (κ1) is 14.7. The summed E-state index contributed by atoms with van der Waals surface area (Å²) in [4.78, 5) is 36.2. The van der Waals surface area contributed by atoms with Gasteiger partial charge in [0.1, 0.15) is 5.82 Å². The lowest BCUT2D eigenvalue weighted by Gasteiger charge is -2.16. The molecule has 2 heterocycles. The van der Waals surface area contributed by atoms with E-state index in [1.54, 1.807) is 12.3 Å². The number of nitrogens with one attached hydrogen (secondary N) is 1. The van der Waals surface area contributed by atoms with E-state index in [2.05, 4.69) is 10.4 Å². The summed E-state index contributed by atoms with van der Waals surface area (Å²) in [5.41, 5.74) is 0. The van der Waals surface area contributed by atoms with E-state index in [9.17, 15) is 14.4 Å². The molecular formula is C15H20N4O3. The standard InChI is InChI=1S/C15H20N4O3/c20-13(8-10-18-14(21)5-6-15(18)22)17-12-7-9-16-19(12)11-3-1-2-4-11/h7,9,11H,1-6,8,10H2,(H,17,20). The lowest BCUT2D eigenvalue weighted by molar-refractivity contribution is -0.138. The lowest BCUT2D eigenvalue weighted by atomic mass is 10.2. The minimum Gasteiger partial charge on any atom is -0.311 e. The molecule has 2 fully saturated rings. The first-order valence-electron chi connectivity index (χ1n) is 7.81. The second-order valence-electron chi connectivity index (χ2n) is 5.84. The number of nitrogens with zero attached hydrogens (tertiary/aromatic N) is 3. The number of rotatable bonds is 5. The Hall–Kier alpha value is -2.18. The zero-order valence-corrected chi connectivity index (χ0v) is 12.5. The molecule has 3 amide bonds. The van der Waals surface area contributed by atoms with Gasteiger partial charge in [-0.2, -0.15) is 5.10 Å². The van der Waals surface area contributed by atoms with Crippen molar-refractivity contribution in [3.8, 4) is 0 Å². The second-order valence-corrected chi connectivity index (χ2v) is 5.84. The Kier molecular flexibility index (Phi) is 4.22. The van der Waals surface area contributed by atoms with Gasteiger partial charge in [0.2, 0.25) is 17.7 Å². The molecule has 118 valence electrons. The summed E-state index contributed by atoms with van der Waals surface area (Å²) in [5.74, 6) is 0.116. The third-order valence-corrected chi connectivity index (χ3v) is 4.33. The predicted molar refractivity (Wildman–Crippen MR) is 78.9 cm³/mol. The molecule has 1 aromatic rings. The maximum Gasteiger partial charge on any atom is 0.229 e. The number of amides is 3. The van der Waals surface area contributed by atoms with Gasteiger partial charge in [0, 0.05) is 31.9 Å². The summed E-state index contributed by atoms with van der Waals surface area (Å²) in [6.07, 6.45) is 6.87. The molecule has 1 aliphatic carbocycles. The highest BCUT2D eigenvalue weighted by molar-refractivity contribution is 6.02. The van der Waals surface area contributed by atoms with Gasteiger partial charge in [-0.25, -0.2) is 4.68 Å². The number of imide groups is 1. The molecule has 3 rings (SSSR count). The minimum absolute atomic E-state index is 0.118. The molecule has 0 radical (unpaired) electrons. The van der Waals surface area contributed by atoms with Crippen LogP contribution in [0.2, 0.25) is 0 Å². The summed E-state index contributed by atoms with van der Waals surface area (Å²) in [7, 11) is 0. The van der Waals surface area contributed by atoms with Crippen molar-refractivity contribution in [2.24, 2.45) is 0 Å². The van der Waals surface area contributed by atoms with Gasteiger partial charge in [-0.05, 0) is 12.8 Å². The Labute approximate surface area is 128 Å². The largest absolute Gasteiger partial charge is 0.311 e. The number of carbonyl (C=O) groups is 3. The van der Waals surface area contributed by atoms with E-state index in [1.807, 2.05) is 4.68 Å². The first-order chi connectivity index (χ1) is 10.6. The molecule has 7 heteroatoms. The Bertz CT molecular complexity index is 573. The molecule has 0 spiro atoms. The van der Waals surface area contributed by atoms with Gasteiger partial charge in [0.05, 0.1) is 12.2 Å². The van der Waals surface area contributed by atoms with Crippen molar-refractivity contribution in [2.45, 2.75) is 51.0 Å². The highest BCUT2D eigenvalue weighted by atomic mass is 16.2. The number of hydrogen-bond donors (Lipinski definition) is 1. The van der Waals surface area contributed by atoms with Crippen molar-refractivity contribution in [1.82, 2.24) is 14.7 Å². The predicted octanol–water partition coefficient (Wildman–Crippen LogP) is 1.48. The number of likely N-dealkylation sites (tertiary alicyclic amines) is 1. The van der Waals surface area contributed by atoms with Gasteiger partial charge in [-0.3, -0.25) is 19.3 Å². The first-order valence-corrected chi connectivity index (χ1v) is 7.81. The van der Waals surface area contributed by atoms with E-state index in [1.165, 1.54) is 17.7 Å². The van der Waals surface area contributed by atoms with Crippen LogP contribution in [0.1, 0.15) is 51.0 Å². The maximum atomic E-state index is 12.0. The Morgan fingerprint density at radius 2 is 1.91 bits per heavy atom. The highest BCUT2D eigenvalue weighted by Crippen LogP contribution is 2.31. The van der Waals surface area contributed by atoms with Gasteiger partial charge >= 0.3 is 0 Å². The van der Waals surface area contributed by atoms with Gasteiger partial charge in [0.25, 0.3) is 0 Å². The zero-order valence-electron chi connectivity index (χ0n) is 12.5. The third-order valence-electron chi connectivity index (χ3n) is 4.33. The average Bonchev–Trinajstić information content (AvgIpc) is 3.20. The zero-order chi connectivity index (χ0) is 15.5. The summed E-state index contributed by atoms with van der Waals surface area (Å²) in [5, 5.41) is 7.13. The van der Waals surface area contributed by atoms with Crippen LogP contribution < -0.4 is 5.32 Å². The van der Waals surface area contributed by atoms with Gasteiger partial charge in [-0.15, -0.1) is 0 Å². The fourth-order valence-corrected chi connectivity index (χ4v) is 3.14. The van der Waals surface area contributed by atoms with Crippen LogP contribution in [0, 0.1) is 0 Å². The lowest BCUT2D eigenvalue weighted by Crippen LogP contribution is -2.32. The molecule has 0 aromatic carbocycles. The van der Waals surface area contributed by atoms with Crippen LogP contribution in [0.5, 0.6) is 0 Å². The molecular weight excluding hydrogens is 284 g/mol. The number of anilines is 1. The van der Waals surface area contributed by atoms with Crippen LogP contribution in [-0.2, 0) is 14.4 Å². The van der Waals surface area contributed by atoms with E-state index < -0.39 is 0 Å². The third kappa shape index (κ3) is 3.03. The summed E-state index contributed by atoms with van der Waals surface area (Å²) in [6.45, 7) is 0.154. The van der Waals surface area contributed by atoms with E-state index in [-0.39, 0.29) is 43.5 Å². The molecule has 1 aromatic heterocycles. The molecule has 1 saturated carbocycles. The molecule has 7 nitrogen and oxygen atoms in total. The van der Waals surface area contributed by atoms with Crippen molar-refractivity contribution in [3.05, 3.63) is 12.3 Å². The fourth-order valence-electron chi connectivity index (χ4n) is 3.14. The molecule has 2 aliphatic rings. The number of carbonyl (C=O) groups excluding carboxylic acids is 3. The van der Waals surface area contributed by atoms with Crippen LogP contribution in [0.4, 0.5) is 5.82 Å². The van der Waals surface area contributed by atoms with E-state index >= 15 is 0 Å². The van der Waals surface area contributed by atoms with Crippen LogP contribution in [-0.4, -0.2) is 38.9 Å². The van der Waals surface area contributed by atoms with Gasteiger partial charge in [-0.1, -0.05) is 12.8 Å². The number of hydrogen-bond acceptors (Lipinski definition) is 4. The van der Waals surface area contributed by atoms with E-state index in [0.29, 0.717) is 11.9 Å². The summed E-state index contributed by atoms with van der Waals surface area (Å²) in [6, 6.07) is 2.13. The highest BCUT2D eigenvalue weighted by Gasteiger charge is 2.29. The van der Waals surface area contributed by atoms with Crippen LogP contribution in [0.3, 0.4) is 0 Å². The molecule has 1 saturated heterocycles. The SMILES string of the molecule is O=C(CCN1C(=O)CCC1=O)Nc1ccnn1C1CCCC1. The molecule has 0 atom stereocenters. The van der Waals surface area contributed by atoms with Crippen molar-refractivity contribution in [2.75, 3.05) is 11.9 Å². The van der Waals surface area contributed by atoms with Crippen LogP contribution >= 0.6 is 0 Å². The van der Waals surface area contributed by atoms with E-state index in [4.69, 9.17) is 0 Å². The van der Waals surface area contributed by atoms with Crippen molar-refractivity contribution in [3.63, 3.8) is 0 Å². The smallest absolute Gasteiger partial charge is 0.229 e. The molecule has 22 heavy (non-hydrogen) atoms. The summed E-state index contributed by atoms with van der Waals surface area (Å²) < 4.78 is 1.87. The Morgan fingerprint density at radius 3 is 2.59 bits per heavy atom. The normalized spacial score (nSPS) is 19.2. The Morgan fingerprint density at radius 1 is 1.23 bits per heavy atom. The molecule has 0 bridgehead atoms. The van der Waals surface area contributed by atoms with Crippen molar-refractivity contribution < 1.29 is 14.4 Å². The monoisotopic (exact) mass is 304 g/mol.